The van der Waals surface area contributed by atoms with E-state index in [2.05, 4.69) is 4.98 Å². The minimum absolute atomic E-state index is 0.0892. The van der Waals surface area contributed by atoms with Crippen molar-refractivity contribution in [2.24, 2.45) is 0 Å². The molecule has 1 N–H and O–H groups in total. The number of nitrogens with zero attached hydrogens (tertiary/aromatic N) is 1. The van der Waals surface area contributed by atoms with Gasteiger partial charge >= 0.3 is 0 Å². The van der Waals surface area contributed by atoms with Gasteiger partial charge < -0.3 is 4.98 Å². The highest BCUT2D eigenvalue weighted by atomic mass is 32.1. The third-order valence-corrected chi connectivity index (χ3v) is 3.44. The maximum atomic E-state index is 12.6. The van der Waals surface area contributed by atoms with Crippen molar-refractivity contribution in [1.82, 2.24) is 9.55 Å². The summed E-state index contributed by atoms with van der Waals surface area (Å²) in [5, 5.41) is 0.650. The molecule has 0 aliphatic heterocycles. The Morgan fingerprint density at radius 3 is 2.53 bits per heavy atom. The number of hydrogen-bond acceptors (Lipinski definition) is 2. The van der Waals surface area contributed by atoms with Gasteiger partial charge in [-0.15, -0.1) is 0 Å². The van der Waals surface area contributed by atoms with Crippen molar-refractivity contribution in [2.45, 2.75) is 6.92 Å². The minimum Gasteiger partial charge on any atom is -0.331 e. The molecule has 0 bridgehead atoms. The van der Waals surface area contributed by atoms with Crippen LogP contribution in [-0.4, -0.2) is 9.55 Å². The average Bonchev–Trinajstić information content (AvgIpc) is 2.41. The van der Waals surface area contributed by atoms with Gasteiger partial charge in [0.1, 0.15) is 0 Å². The molecule has 94 valence electrons. The maximum Gasteiger partial charge on any atom is 0.266 e. The number of nitrogens with one attached hydrogen (secondary N) is 1. The van der Waals surface area contributed by atoms with Gasteiger partial charge in [0.2, 0.25) is 0 Å². The summed E-state index contributed by atoms with van der Waals surface area (Å²) in [7, 11) is 0. The van der Waals surface area contributed by atoms with Crippen molar-refractivity contribution >= 4 is 23.1 Å². The van der Waals surface area contributed by atoms with Crippen LogP contribution in [0.25, 0.3) is 16.6 Å². The summed E-state index contributed by atoms with van der Waals surface area (Å²) < 4.78 is 1.94. The SMILES string of the molecule is Cc1cccc2c(=O)n(-c3ccccc3)c(=S)[nH]c12. The quantitative estimate of drug-likeness (QED) is 0.687. The molecule has 0 aliphatic rings. The molecule has 0 radical (unpaired) electrons. The Balaban J connectivity index is 2.47. The zero-order chi connectivity index (χ0) is 13.4. The molecular formula is C15H12N2OS. The molecule has 19 heavy (non-hydrogen) atoms. The summed E-state index contributed by atoms with van der Waals surface area (Å²) in [6.07, 6.45) is 0. The van der Waals surface area contributed by atoms with E-state index in [1.165, 1.54) is 4.57 Å². The third-order valence-electron chi connectivity index (χ3n) is 3.16. The Kier molecular flexibility index (Phi) is 2.80. The first kappa shape index (κ1) is 11.9. The topological polar surface area (TPSA) is 37.8 Å². The maximum absolute atomic E-state index is 12.6. The number of para-hydroxylation sites is 2. The number of aryl methyl sites for hydroxylation is 1. The van der Waals surface area contributed by atoms with Crippen LogP contribution < -0.4 is 5.56 Å². The molecular weight excluding hydrogens is 256 g/mol. The highest BCUT2D eigenvalue weighted by molar-refractivity contribution is 7.71. The molecule has 1 aromatic heterocycles. The summed E-state index contributed by atoms with van der Waals surface area (Å²) in [4.78, 5) is 15.7. The number of benzene rings is 2. The molecule has 3 nitrogen and oxygen atoms in total. The van der Waals surface area contributed by atoms with Crippen molar-refractivity contribution in [3.05, 3.63) is 69.2 Å². The number of hydrogen-bond donors (Lipinski definition) is 1. The van der Waals surface area contributed by atoms with Crippen molar-refractivity contribution in [2.75, 3.05) is 0 Å². The molecule has 0 atom stereocenters. The molecule has 3 rings (SSSR count). The van der Waals surface area contributed by atoms with Crippen LogP contribution in [0.15, 0.2) is 53.3 Å². The van der Waals surface area contributed by atoms with Gasteiger partial charge in [-0.05, 0) is 42.9 Å². The van der Waals surface area contributed by atoms with Crippen molar-refractivity contribution in [3.8, 4) is 5.69 Å². The van der Waals surface area contributed by atoms with Gasteiger partial charge in [-0.2, -0.15) is 0 Å². The van der Waals surface area contributed by atoms with Gasteiger partial charge in [0, 0.05) is 0 Å². The van der Waals surface area contributed by atoms with E-state index in [4.69, 9.17) is 12.2 Å². The van der Waals surface area contributed by atoms with Gasteiger partial charge in [0.25, 0.3) is 5.56 Å². The number of rotatable bonds is 1. The van der Waals surface area contributed by atoms with Crippen LogP contribution in [0.2, 0.25) is 0 Å². The molecule has 3 aromatic rings. The molecule has 0 fully saturated rings. The van der Waals surface area contributed by atoms with E-state index in [0.29, 0.717) is 10.2 Å². The lowest BCUT2D eigenvalue weighted by molar-refractivity contribution is 0.939. The third kappa shape index (κ3) is 1.90. The first-order valence-corrected chi connectivity index (χ1v) is 6.39. The van der Waals surface area contributed by atoms with E-state index in [1.54, 1.807) is 0 Å². The second kappa shape index (κ2) is 4.48. The van der Waals surface area contributed by atoms with Crippen LogP contribution in [-0.2, 0) is 0 Å². The summed E-state index contributed by atoms with van der Waals surface area (Å²) in [6, 6.07) is 15.1. The van der Waals surface area contributed by atoms with Crippen LogP contribution in [0.3, 0.4) is 0 Å². The lowest BCUT2D eigenvalue weighted by Gasteiger charge is -2.09. The van der Waals surface area contributed by atoms with E-state index >= 15 is 0 Å². The van der Waals surface area contributed by atoms with Crippen molar-refractivity contribution < 1.29 is 0 Å². The fourth-order valence-electron chi connectivity index (χ4n) is 2.20. The molecule has 2 aromatic carbocycles. The Morgan fingerprint density at radius 1 is 1.05 bits per heavy atom. The molecule has 0 spiro atoms. The van der Waals surface area contributed by atoms with Crippen molar-refractivity contribution in [1.29, 1.82) is 0 Å². The lowest BCUT2D eigenvalue weighted by Crippen LogP contribution is -2.20. The number of aromatic nitrogens is 2. The molecule has 4 heteroatoms. The smallest absolute Gasteiger partial charge is 0.266 e. The number of H-pyrrole nitrogens is 1. The highest BCUT2D eigenvalue weighted by Gasteiger charge is 2.08. The molecule has 0 aliphatic carbocycles. The van der Waals surface area contributed by atoms with Gasteiger partial charge in [-0.3, -0.25) is 9.36 Å². The molecule has 1 heterocycles. The summed E-state index contributed by atoms with van der Waals surface area (Å²) in [6.45, 7) is 1.96. The second-order valence-corrected chi connectivity index (χ2v) is 4.79. The fraction of sp³-hybridized carbons (Fsp3) is 0.0667. The van der Waals surface area contributed by atoms with E-state index in [-0.39, 0.29) is 5.56 Å². The first-order chi connectivity index (χ1) is 9.18. The first-order valence-electron chi connectivity index (χ1n) is 5.98. The predicted molar refractivity (Wildman–Crippen MR) is 79.5 cm³/mol. The predicted octanol–water partition coefficient (Wildman–Crippen LogP) is 3.36. The van der Waals surface area contributed by atoms with E-state index in [1.807, 2.05) is 55.5 Å². The van der Waals surface area contributed by atoms with Crippen molar-refractivity contribution in [3.63, 3.8) is 0 Å². The van der Waals surface area contributed by atoms with E-state index in [9.17, 15) is 4.79 Å². The van der Waals surface area contributed by atoms with E-state index in [0.717, 1.165) is 16.8 Å². The lowest BCUT2D eigenvalue weighted by atomic mass is 10.1. The van der Waals surface area contributed by atoms with Crippen LogP contribution in [0.5, 0.6) is 0 Å². The monoisotopic (exact) mass is 268 g/mol. The van der Waals surface area contributed by atoms with Crippen LogP contribution >= 0.6 is 12.2 Å². The fourth-order valence-corrected chi connectivity index (χ4v) is 2.49. The van der Waals surface area contributed by atoms with Gasteiger partial charge in [0.15, 0.2) is 4.77 Å². The Hall–Kier alpha value is -2.20. The standard InChI is InChI=1S/C15H12N2OS/c1-10-6-5-9-12-13(10)16-15(19)17(14(12)18)11-7-3-2-4-8-11/h2-9H,1H3,(H,16,19). The molecule has 0 amide bonds. The summed E-state index contributed by atoms with van der Waals surface area (Å²) in [5.74, 6) is 0. The largest absolute Gasteiger partial charge is 0.331 e. The number of aromatic amines is 1. The Bertz CT molecular complexity index is 863. The minimum atomic E-state index is -0.0892. The Morgan fingerprint density at radius 2 is 1.79 bits per heavy atom. The normalized spacial score (nSPS) is 10.8. The van der Waals surface area contributed by atoms with Crippen LogP contribution in [0.1, 0.15) is 5.56 Å². The van der Waals surface area contributed by atoms with Crippen LogP contribution in [0, 0.1) is 11.7 Å². The van der Waals surface area contributed by atoms with Gasteiger partial charge in [-0.1, -0.05) is 30.3 Å². The Labute approximate surface area is 115 Å². The highest BCUT2D eigenvalue weighted by Crippen LogP contribution is 2.14. The van der Waals surface area contributed by atoms with Crippen LogP contribution in [0.4, 0.5) is 0 Å². The average molecular weight is 268 g/mol. The number of fused-ring (bicyclic) bond motifs is 1. The zero-order valence-corrected chi connectivity index (χ0v) is 11.2. The molecule has 0 saturated heterocycles. The molecule has 0 saturated carbocycles. The summed E-state index contributed by atoms with van der Waals surface area (Å²) in [5.41, 5.74) is 2.51. The van der Waals surface area contributed by atoms with Gasteiger partial charge in [-0.25, -0.2) is 0 Å². The summed E-state index contributed by atoms with van der Waals surface area (Å²) >= 11 is 5.32. The molecule has 0 unspecified atom stereocenters. The van der Waals surface area contributed by atoms with Gasteiger partial charge in [0.05, 0.1) is 16.6 Å². The zero-order valence-electron chi connectivity index (χ0n) is 10.4. The second-order valence-electron chi connectivity index (χ2n) is 4.40. The van der Waals surface area contributed by atoms with E-state index < -0.39 is 0 Å².